The number of rotatable bonds is 4. The third-order valence-corrected chi connectivity index (χ3v) is 3.41. The van der Waals surface area contributed by atoms with E-state index in [9.17, 15) is 21.6 Å². The first-order valence-electron chi connectivity index (χ1n) is 4.75. The molecule has 0 atom stereocenters. The molecule has 98 valence electrons. The van der Waals surface area contributed by atoms with Gasteiger partial charge in [0.25, 0.3) is 0 Å². The van der Waals surface area contributed by atoms with Crippen LogP contribution in [0.15, 0.2) is 23.1 Å². The molecule has 0 fully saturated rings. The van der Waals surface area contributed by atoms with Crippen LogP contribution < -0.4 is 10.2 Å². The Balaban J connectivity index is 3.22. The Morgan fingerprint density at radius 2 is 1.89 bits per heavy atom. The number of alkyl halides is 3. The first-order valence-corrected chi connectivity index (χ1v) is 6.23. The van der Waals surface area contributed by atoms with E-state index < -0.39 is 33.3 Å². The van der Waals surface area contributed by atoms with Gasteiger partial charge in [-0.25, -0.2) is 13.1 Å². The SMILES string of the molecule is [B]c1cc(C(F)(F)F)cc(S(=O)(=O)NCCO)c1. The lowest BCUT2D eigenvalue weighted by Crippen LogP contribution is -2.28. The average Bonchev–Trinajstić information content (AvgIpc) is 2.24. The van der Waals surface area contributed by atoms with Crippen LogP contribution in [0.2, 0.25) is 0 Å². The van der Waals surface area contributed by atoms with E-state index >= 15 is 0 Å². The minimum Gasteiger partial charge on any atom is -0.395 e. The molecule has 0 saturated heterocycles. The van der Waals surface area contributed by atoms with Crippen molar-refractivity contribution in [2.24, 2.45) is 0 Å². The molecular weight excluding hydrogens is 270 g/mol. The summed E-state index contributed by atoms with van der Waals surface area (Å²) in [6, 6.07) is 2.04. The fourth-order valence-corrected chi connectivity index (χ4v) is 2.30. The molecule has 0 aromatic heterocycles. The lowest BCUT2D eigenvalue weighted by atomic mass is 9.94. The second-order valence-corrected chi connectivity index (χ2v) is 5.18. The number of hydrogen-bond acceptors (Lipinski definition) is 3. The van der Waals surface area contributed by atoms with Crippen LogP contribution in [-0.2, 0) is 16.2 Å². The zero-order chi connectivity index (χ0) is 14.0. The monoisotopic (exact) mass is 279 g/mol. The first kappa shape index (κ1) is 15.0. The number of nitrogens with one attached hydrogen (secondary N) is 1. The van der Waals surface area contributed by atoms with Gasteiger partial charge in [0.1, 0.15) is 7.85 Å². The molecule has 0 spiro atoms. The van der Waals surface area contributed by atoms with Crippen molar-refractivity contribution >= 4 is 23.3 Å². The number of hydrogen-bond donors (Lipinski definition) is 2. The zero-order valence-corrected chi connectivity index (χ0v) is 9.85. The van der Waals surface area contributed by atoms with Gasteiger partial charge in [-0.05, 0) is 12.1 Å². The van der Waals surface area contributed by atoms with E-state index in [1.54, 1.807) is 0 Å². The molecule has 0 unspecified atom stereocenters. The largest absolute Gasteiger partial charge is 0.416 e. The molecule has 0 saturated carbocycles. The summed E-state index contributed by atoms with van der Waals surface area (Å²) in [7, 11) is 1.12. The lowest BCUT2D eigenvalue weighted by Gasteiger charge is -2.11. The molecule has 1 aromatic carbocycles. The maximum atomic E-state index is 12.5. The van der Waals surface area contributed by atoms with Crippen molar-refractivity contribution in [2.45, 2.75) is 11.1 Å². The Morgan fingerprint density at radius 3 is 2.39 bits per heavy atom. The number of benzene rings is 1. The lowest BCUT2D eigenvalue weighted by molar-refractivity contribution is -0.137. The highest BCUT2D eigenvalue weighted by Crippen LogP contribution is 2.29. The van der Waals surface area contributed by atoms with Crippen molar-refractivity contribution in [1.29, 1.82) is 0 Å². The molecule has 9 heteroatoms. The van der Waals surface area contributed by atoms with E-state index in [0.717, 1.165) is 6.07 Å². The highest BCUT2D eigenvalue weighted by atomic mass is 32.2. The van der Waals surface area contributed by atoms with E-state index in [1.807, 2.05) is 4.72 Å². The number of aliphatic hydroxyl groups excluding tert-OH is 1. The second kappa shape index (κ2) is 5.29. The van der Waals surface area contributed by atoms with Crippen LogP contribution in [0.25, 0.3) is 0 Å². The van der Waals surface area contributed by atoms with Crippen LogP contribution in [0.1, 0.15) is 5.56 Å². The fraction of sp³-hybridized carbons (Fsp3) is 0.333. The Kier molecular flexibility index (Phi) is 4.41. The summed E-state index contributed by atoms with van der Waals surface area (Å²) in [5.74, 6) is 0. The van der Waals surface area contributed by atoms with E-state index in [-0.39, 0.29) is 12.0 Å². The summed E-state index contributed by atoms with van der Waals surface area (Å²) >= 11 is 0. The molecule has 2 N–H and O–H groups in total. The highest BCUT2D eigenvalue weighted by molar-refractivity contribution is 7.89. The van der Waals surface area contributed by atoms with Crippen LogP contribution >= 0.6 is 0 Å². The number of halogens is 3. The minimum atomic E-state index is -4.68. The standard InChI is InChI=1S/C9H9BF3NO3S/c10-7-3-6(9(11,12)13)4-8(5-7)18(16,17)14-1-2-15/h3-5,14-15H,1-2H2. The second-order valence-electron chi connectivity index (χ2n) is 3.41. The Hall–Kier alpha value is -1.06. The van der Waals surface area contributed by atoms with Gasteiger partial charge in [0.15, 0.2) is 0 Å². The van der Waals surface area contributed by atoms with Crippen molar-refractivity contribution in [3.63, 3.8) is 0 Å². The average molecular weight is 279 g/mol. The fourth-order valence-electron chi connectivity index (χ4n) is 1.20. The summed E-state index contributed by atoms with van der Waals surface area (Å²) in [6.07, 6.45) is -4.68. The first-order chi connectivity index (χ1) is 8.16. The molecule has 0 heterocycles. The van der Waals surface area contributed by atoms with Gasteiger partial charge in [0.2, 0.25) is 10.0 Å². The van der Waals surface area contributed by atoms with Gasteiger partial charge in [-0.1, -0.05) is 11.5 Å². The van der Waals surface area contributed by atoms with Crippen molar-refractivity contribution in [2.75, 3.05) is 13.2 Å². The van der Waals surface area contributed by atoms with Gasteiger partial charge in [0.05, 0.1) is 17.1 Å². The Labute approximate surface area is 103 Å². The summed E-state index contributed by atoms with van der Waals surface area (Å²) in [5.41, 5.74) is -1.46. The van der Waals surface area contributed by atoms with Crippen LogP contribution in [-0.4, -0.2) is 34.5 Å². The Bertz CT molecular complexity index is 530. The van der Waals surface area contributed by atoms with Gasteiger partial charge in [0, 0.05) is 6.54 Å². The van der Waals surface area contributed by atoms with Crippen LogP contribution in [0.5, 0.6) is 0 Å². The van der Waals surface area contributed by atoms with Gasteiger partial charge in [-0.15, -0.1) is 0 Å². The van der Waals surface area contributed by atoms with E-state index in [2.05, 4.69) is 0 Å². The van der Waals surface area contributed by atoms with Crippen molar-refractivity contribution in [3.05, 3.63) is 23.8 Å². The smallest absolute Gasteiger partial charge is 0.395 e. The third-order valence-electron chi connectivity index (χ3n) is 1.97. The van der Waals surface area contributed by atoms with Gasteiger partial charge >= 0.3 is 6.18 Å². The predicted octanol–water partition coefficient (Wildman–Crippen LogP) is -0.230. The van der Waals surface area contributed by atoms with Crippen molar-refractivity contribution in [1.82, 2.24) is 4.72 Å². The van der Waals surface area contributed by atoms with E-state index in [4.69, 9.17) is 13.0 Å². The van der Waals surface area contributed by atoms with E-state index in [0.29, 0.717) is 12.1 Å². The van der Waals surface area contributed by atoms with E-state index in [1.165, 1.54) is 0 Å². The van der Waals surface area contributed by atoms with Gasteiger partial charge in [-0.2, -0.15) is 13.2 Å². The molecule has 1 rings (SSSR count). The normalized spacial score (nSPS) is 12.7. The molecule has 0 aliphatic rings. The molecule has 0 aliphatic heterocycles. The van der Waals surface area contributed by atoms with Gasteiger partial charge in [-0.3, -0.25) is 0 Å². The maximum absolute atomic E-state index is 12.5. The molecular formula is C9H9BF3NO3S. The van der Waals surface area contributed by atoms with Gasteiger partial charge < -0.3 is 5.11 Å². The maximum Gasteiger partial charge on any atom is 0.416 e. The summed E-state index contributed by atoms with van der Waals surface area (Å²) in [6.45, 7) is -0.758. The molecule has 18 heavy (non-hydrogen) atoms. The zero-order valence-electron chi connectivity index (χ0n) is 9.03. The summed E-state index contributed by atoms with van der Waals surface area (Å²) in [4.78, 5) is -0.594. The quantitative estimate of drug-likeness (QED) is 0.748. The molecule has 0 amide bonds. The van der Waals surface area contributed by atoms with Crippen LogP contribution in [0.3, 0.4) is 0 Å². The minimum absolute atomic E-state index is 0.293. The van der Waals surface area contributed by atoms with Crippen LogP contribution in [0, 0.1) is 0 Å². The van der Waals surface area contributed by atoms with Crippen LogP contribution in [0.4, 0.5) is 13.2 Å². The predicted molar refractivity (Wildman–Crippen MR) is 59.1 cm³/mol. The van der Waals surface area contributed by atoms with Crippen molar-refractivity contribution in [3.8, 4) is 0 Å². The number of sulfonamides is 1. The highest BCUT2D eigenvalue weighted by Gasteiger charge is 2.32. The molecule has 1 aromatic rings. The summed E-state index contributed by atoms with van der Waals surface area (Å²) < 4.78 is 62.5. The number of aliphatic hydroxyl groups is 1. The topological polar surface area (TPSA) is 66.4 Å². The third kappa shape index (κ3) is 3.72. The van der Waals surface area contributed by atoms with Crippen molar-refractivity contribution < 1.29 is 26.7 Å². The summed E-state index contributed by atoms with van der Waals surface area (Å²) in [5, 5.41) is 8.48. The molecule has 0 aliphatic carbocycles. The Morgan fingerprint density at radius 1 is 1.28 bits per heavy atom. The molecule has 4 nitrogen and oxygen atoms in total. The molecule has 0 bridgehead atoms. The molecule has 2 radical (unpaired) electrons.